The zero-order valence-electron chi connectivity index (χ0n) is 20.7. The van der Waals surface area contributed by atoms with Crippen LogP contribution < -0.4 is 14.2 Å². The van der Waals surface area contributed by atoms with E-state index in [1.165, 1.54) is 10.5 Å². The minimum Gasteiger partial charge on any atom is -0.492 e. The molecule has 1 heterocycles. The fraction of sp³-hybridized carbons (Fsp3) is 0.241. The Morgan fingerprint density at radius 1 is 0.861 bits per heavy atom. The Bertz CT molecular complexity index is 1270. The number of benzene rings is 3. The van der Waals surface area contributed by atoms with Gasteiger partial charge in [-0.15, -0.1) is 0 Å². The molecule has 1 aliphatic rings. The van der Waals surface area contributed by atoms with Crippen LogP contribution in [0.2, 0.25) is 0 Å². The number of imide groups is 1. The number of amides is 2. The van der Waals surface area contributed by atoms with Crippen molar-refractivity contribution in [3.63, 3.8) is 0 Å². The van der Waals surface area contributed by atoms with Gasteiger partial charge in [0.2, 0.25) is 0 Å². The lowest BCUT2D eigenvalue weighted by atomic mass is 10.1. The molecule has 0 radical (unpaired) electrons. The van der Waals surface area contributed by atoms with Crippen molar-refractivity contribution < 1.29 is 23.8 Å². The summed E-state index contributed by atoms with van der Waals surface area (Å²) in [5.41, 5.74) is 4.09. The average Bonchev–Trinajstić information content (AvgIpc) is 3.12. The first-order chi connectivity index (χ1) is 17.4. The highest BCUT2D eigenvalue weighted by Crippen LogP contribution is 2.35. The molecule has 0 N–H and O–H groups in total. The number of aryl methyl sites for hydroxylation is 2. The monoisotopic (exact) mass is 503 g/mol. The van der Waals surface area contributed by atoms with Gasteiger partial charge in [-0.25, -0.2) is 0 Å². The van der Waals surface area contributed by atoms with Gasteiger partial charge in [0.15, 0.2) is 11.5 Å². The normalized spacial score (nSPS) is 14.4. The Balaban J connectivity index is 1.41. The van der Waals surface area contributed by atoms with Crippen LogP contribution in [0.5, 0.6) is 17.2 Å². The smallest absolute Gasteiger partial charge is 0.293 e. The van der Waals surface area contributed by atoms with Crippen molar-refractivity contribution >= 4 is 29.0 Å². The highest BCUT2D eigenvalue weighted by molar-refractivity contribution is 8.18. The van der Waals surface area contributed by atoms with Gasteiger partial charge in [0, 0.05) is 0 Å². The highest BCUT2D eigenvalue weighted by Gasteiger charge is 2.34. The Labute approximate surface area is 215 Å². The second kappa shape index (κ2) is 11.8. The van der Waals surface area contributed by atoms with Gasteiger partial charge in [-0.05, 0) is 79.6 Å². The fourth-order valence-electron chi connectivity index (χ4n) is 3.65. The molecule has 3 aromatic rings. The number of hydrogen-bond donors (Lipinski definition) is 0. The van der Waals surface area contributed by atoms with Gasteiger partial charge in [-0.3, -0.25) is 14.5 Å². The minimum atomic E-state index is -0.324. The van der Waals surface area contributed by atoms with Gasteiger partial charge in [0.25, 0.3) is 11.1 Å². The SMILES string of the molecule is CCOc1cc(/C=C2\SC(=O)N(CCOc3cccc(C)c3)C2=O)ccc1OCc1ccc(C)cc1. The van der Waals surface area contributed by atoms with E-state index in [0.717, 1.165) is 28.5 Å². The van der Waals surface area contributed by atoms with E-state index in [-0.39, 0.29) is 24.3 Å². The molecule has 36 heavy (non-hydrogen) atoms. The van der Waals surface area contributed by atoms with E-state index in [0.29, 0.717) is 35.4 Å². The molecule has 0 aromatic heterocycles. The molecule has 7 heteroatoms. The van der Waals surface area contributed by atoms with Crippen molar-refractivity contribution in [1.82, 2.24) is 4.90 Å². The Morgan fingerprint density at radius 2 is 1.67 bits per heavy atom. The third-order valence-electron chi connectivity index (χ3n) is 5.53. The fourth-order valence-corrected chi connectivity index (χ4v) is 4.52. The first kappa shape index (κ1) is 25.4. The van der Waals surface area contributed by atoms with Gasteiger partial charge in [0.05, 0.1) is 18.1 Å². The zero-order chi connectivity index (χ0) is 25.5. The molecule has 1 saturated heterocycles. The molecule has 1 fully saturated rings. The van der Waals surface area contributed by atoms with Crippen LogP contribution in [0.25, 0.3) is 6.08 Å². The van der Waals surface area contributed by atoms with Gasteiger partial charge < -0.3 is 14.2 Å². The summed E-state index contributed by atoms with van der Waals surface area (Å²) in [6, 6.07) is 21.3. The molecule has 0 atom stereocenters. The summed E-state index contributed by atoms with van der Waals surface area (Å²) in [6.45, 7) is 7.24. The van der Waals surface area contributed by atoms with Crippen molar-refractivity contribution in [1.29, 1.82) is 0 Å². The molecule has 0 saturated carbocycles. The number of ether oxygens (including phenoxy) is 3. The van der Waals surface area contributed by atoms with Crippen molar-refractivity contribution in [2.45, 2.75) is 27.4 Å². The highest BCUT2D eigenvalue weighted by atomic mass is 32.2. The van der Waals surface area contributed by atoms with Crippen molar-refractivity contribution in [3.8, 4) is 17.2 Å². The van der Waals surface area contributed by atoms with Crippen LogP contribution in [-0.2, 0) is 11.4 Å². The summed E-state index contributed by atoms with van der Waals surface area (Å²) in [5, 5.41) is -0.304. The largest absolute Gasteiger partial charge is 0.492 e. The van der Waals surface area contributed by atoms with Crippen LogP contribution in [0, 0.1) is 13.8 Å². The van der Waals surface area contributed by atoms with E-state index < -0.39 is 0 Å². The predicted molar refractivity (Wildman–Crippen MR) is 142 cm³/mol. The van der Waals surface area contributed by atoms with Crippen molar-refractivity contribution in [3.05, 3.63) is 93.9 Å². The van der Waals surface area contributed by atoms with Crippen LogP contribution in [0.4, 0.5) is 4.79 Å². The lowest BCUT2D eigenvalue weighted by Crippen LogP contribution is -2.32. The quantitative estimate of drug-likeness (QED) is 0.299. The molecule has 0 spiro atoms. The van der Waals surface area contributed by atoms with E-state index >= 15 is 0 Å². The molecule has 0 bridgehead atoms. The maximum absolute atomic E-state index is 12.9. The van der Waals surface area contributed by atoms with E-state index in [4.69, 9.17) is 14.2 Å². The standard InChI is InChI=1S/C29H29NO5S/c1-4-33-26-17-23(12-13-25(26)35-19-22-10-8-20(2)9-11-22)18-27-28(31)30(29(32)36-27)14-15-34-24-7-5-6-21(3)16-24/h5-13,16-18H,4,14-15,19H2,1-3H3/b27-18-. The summed E-state index contributed by atoms with van der Waals surface area (Å²) in [6.07, 6.45) is 1.71. The molecule has 4 rings (SSSR count). The lowest BCUT2D eigenvalue weighted by molar-refractivity contribution is -0.123. The third kappa shape index (κ3) is 6.49. The van der Waals surface area contributed by atoms with E-state index in [1.54, 1.807) is 6.08 Å². The Kier molecular flexibility index (Phi) is 8.33. The molecule has 1 aliphatic heterocycles. The van der Waals surface area contributed by atoms with E-state index in [1.807, 2.05) is 87.5 Å². The molecular formula is C29H29NO5S. The summed E-state index contributed by atoms with van der Waals surface area (Å²) >= 11 is 0.928. The Morgan fingerprint density at radius 3 is 2.42 bits per heavy atom. The van der Waals surface area contributed by atoms with Crippen LogP contribution in [0.3, 0.4) is 0 Å². The summed E-state index contributed by atoms with van der Waals surface area (Å²) in [5.74, 6) is 1.60. The second-order valence-corrected chi connectivity index (χ2v) is 9.40. The van der Waals surface area contributed by atoms with Gasteiger partial charge in [0.1, 0.15) is 19.0 Å². The molecule has 0 unspecified atom stereocenters. The predicted octanol–water partition coefficient (Wildman–Crippen LogP) is 6.40. The molecule has 2 amide bonds. The minimum absolute atomic E-state index is 0.186. The van der Waals surface area contributed by atoms with Gasteiger partial charge in [-0.2, -0.15) is 0 Å². The van der Waals surface area contributed by atoms with Gasteiger partial charge >= 0.3 is 0 Å². The molecule has 186 valence electrons. The average molecular weight is 504 g/mol. The summed E-state index contributed by atoms with van der Waals surface area (Å²) in [7, 11) is 0. The van der Waals surface area contributed by atoms with E-state index in [2.05, 4.69) is 0 Å². The maximum Gasteiger partial charge on any atom is 0.293 e. The molecule has 3 aromatic carbocycles. The number of carbonyl (C=O) groups excluding carboxylic acids is 2. The molecule has 0 aliphatic carbocycles. The lowest BCUT2D eigenvalue weighted by Gasteiger charge is -2.14. The van der Waals surface area contributed by atoms with Gasteiger partial charge in [-0.1, -0.05) is 48.0 Å². The number of carbonyl (C=O) groups is 2. The molecular weight excluding hydrogens is 474 g/mol. The second-order valence-electron chi connectivity index (χ2n) is 8.41. The van der Waals surface area contributed by atoms with E-state index in [9.17, 15) is 9.59 Å². The van der Waals surface area contributed by atoms with Crippen molar-refractivity contribution in [2.75, 3.05) is 19.8 Å². The first-order valence-corrected chi connectivity index (χ1v) is 12.6. The zero-order valence-corrected chi connectivity index (χ0v) is 21.5. The Hall–Kier alpha value is -3.71. The number of thioether (sulfide) groups is 1. The number of hydrogen-bond acceptors (Lipinski definition) is 6. The van der Waals surface area contributed by atoms with Crippen LogP contribution in [0.1, 0.15) is 29.2 Å². The van der Waals surface area contributed by atoms with Crippen LogP contribution in [-0.4, -0.2) is 35.8 Å². The third-order valence-corrected chi connectivity index (χ3v) is 6.43. The molecule has 6 nitrogen and oxygen atoms in total. The maximum atomic E-state index is 12.9. The number of rotatable bonds is 10. The topological polar surface area (TPSA) is 65.1 Å². The first-order valence-electron chi connectivity index (χ1n) is 11.8. The van der Waals surface area contributed by atoms with Crippen LogP contribution in [0.15, 0.2) is 71.6 Å². The summed E-state index contributed by atoms with van der Waals surface area (Å²) < 4.78 is 17.5. The number of nitrogens with zero attached hydrogens (tertiary/aromatic N) is 1. The summed E-state index contributed by atoms with van der Waals surface area (Å²) in [4.78, 5) is 26.9. The van der Waals surface area contributed by atoms with Crippen molar-refractivity contribution in [2.24, 2.45) is 0 Å². The van der Waals surface area contributed by atoms with Crippen LogP contribution >= 0.6 is 11.8 Å².